The summed E-state index contributed by atoms with van der Waals surface area (Å²) in [4.78, 5) is 41.8. The second kappa shape index (κ2) is 48.9. The molecule has 0 aromatic rings. The van der Waals surface area contributed by atoms with E-state index in [0.717, 1.165) is 129 Å². The molecule has 0 fully saturated rings. The Kier molecular flexibility index (Phi) is 47.0. The maximum Gasteiger partial charge on any atom is 0.306 e. The Morgan fingerprint density at radius 2 is 0.889 bits per heavy atom. The average Bonchev–Trinajstić information content (AvgIpc) is 3.27. The quantitative estimate of drug-likeness (QED) is 0.0369. The molecule has 7 nitrogen and oxygen atoms in total. The predicted molar refractivity (Wildman–Crippen MR) is 269 cm³/mol. The monoisotopic (exact) mass is 884 g/mol. The summed E-state index contributed by atoms with van der Waals surface area (Å²) in [5.74, 6) is -0.310. The molecule has 0 saturated carbocycles. The lowest BCUT2D eigenvalue weighted by Crippen LogP contribution is -2.33. The van der Waals surface area contributed by atoms with Crippen molar-refractivity contribution >= 4 is 17.7 Å². The van der Waals surface area contributed by atoms with E-state index in [0.29, 0.717) is 38.8 Å². The third-order valence-corrected chi connectivity index (χ3v) is 11.9. The summed E-state index contributed by atoms with van der Waals surface area (Å²) in [5, 5.41) is 9.69. The number of unbranched alkanes of at least 4 members (excludes halogenated alkanes) is 19. The number of carbonyl (C=O) groups excluding carboxylic acids is 3. The molecule has 0 aliphatic rings. The largest absolute Gasteiger partial charge is 0.466 e. The number of aliphatic hydroxyl groups excluding tert-OH is 1. The molecule has 0 radical (unpaired) electrons. The highest BCUT2D eigenvalue weighted by molar-refractivity contribution is 5.82. The van der Waals surface area contributed by atoms with Crippen molar-refractivity contribution < 1.29 is 29.0 Å². The second-order valence-corrected chi connectivity index (χ2v) is 17.9. The van der Waals surface area contributed by atoms with Gasteiger partial charge in [-0.05, 0) is 148 Å². The number of ether oxygens (including phenoxy) is 2. The Bertz CT molecular complexity index is 1140. The molecule has 0 spiro atoms. The standard InChI is InChI=1S/C56H101NO6/c1-5-9-13-17-21-25-29-35-43-53(59)52(42-34-28-24-20-16-12-8-4)54(44-36-30-26-22-18-14-10-6-2)63-56(61)46-38-33-40-48-57(49-50-58)47-39-32-37-45-55(60)62-51-41-31-27-23-19-15-11-7-3/h21-28,52,54,58H,5-20,29-51H2,1-4H3/b25-21-,26-22-,27-23+,28-24-. The van der Waals surface area contributed by atoms with Crippen LogP contribution in [0.4, 0.5) is 0 Å². The van der Waals surface area contributed by atoms with Gasteiger partial charge in [-0.1, -0.05) is 141 Å². The van der Waals surface area contributed by atoms with Gasteiger partial charge in [0.1, 0.15) is 11.9 Å². The zero-order valence-corrected chi connectivity index (χ0v) is 41.8. The lowest BCUT2D eigenvalue weighted by Gasteiger charge is -2.26. The minimum atomic E-state index is -0.384. The van der Waals surface area contributed by atoms with E-state index in [1.807, 2.05) is 0 Å². The number of allylic oxidation sites excluding steroid dienone is 8. The molecule has 0 bridgehead atoms. The number of hydrogen-bond donors (Lipinski definition) is 1. The predicted octanol–water partition coefficient (Wildman–Crippen LogP) is 15.5. The Morgan fingerprint density at radius 3 is 1.38 bits per heavy atom. The molecule has 0 rings (SSSR count). The molecule has 1 N–H and O–H groups in total. The van der Waals surface area contributed by atoms with Crippen molar-refractivity contribution in [3.63, 3.8) is 0 Å². The van der Waals surface area contributed by atoms with Gasteiger partial charge in [0.2, 0.25) is 0 Å². The van der Waals surface area contributed by atoms with Gasteiger partial charge in [-0.2, -0.15) is 0 Å². The molecule has 2 atom stereocenters. The third-order valence-electron chi connectivity index (χ3n) is 11.9. The Balaban J connectivity index is 5.08. The Morgan fingerprint density at radius 1 is 0.444 bits per heavy atom. The van der Waals surface area contributed by atoms with Crippen LogP contribution in [0.1, 0.15) is 246 Å². The first-order valence-corrected chi connectivity index (χ1v) is 26.7. The van der Waals surface area contributed by atoms with E-state index in [1.165, 1.54) is 77.0 Å². The number of ketones is 1. The summed E-state index contributed by atoms with van der Waals surface area (Å²) >= 11 is 0. The van der Waals surface area contributed by atoms with Crippen LogP contribution in [0, 0.1) is 5.92 Å². The van der Waals surface area contributed by atoms with E-state index in [4.69, 9.17) is 9.47 Å². The molecule has 0 aliphatic carbocycles. The van der Waals surface area contributed by atoms with Gasteiger partial charge >= 0.3 is 11.9 Å². The van der Waals surface area contributed by atoms with Crippen LogP contribution >= 0.6 is 0 Å². The van der Waals surface area contributed by atoms with E-state index in [-0.39, 0.29) is 36.4 Å². The van der Waals surface area contributed by atoms with Crippen LogP contribution in [-0.2, 0) is 23.9 Å². The maximum atomic E-state index is 13.9. The smallest absolute Gasteiger partial charge is 0.306 e. The number of esters is 2. The number of Topliss-reactive ketones (excluding diaryl/α,β-unsaturated/α-hetero) is 1. The SMILES string of the molecule is CCCCC/C=C\CCCC(=O)C(CC/C=C\CCCCC)C(CCC/C=C\CCCCC)OC(=O)CCCCCN(CCO)CCCCCC(=O)OCCC/C=C/CCCCC. The summed E-state index contributed by atoms with van der Waals surface area (Å²) < 4.78 is 11.7. The molecule has 63 heavy (non-hydrogen) atoms. The second-order valence-electron chi connectivity index (χ2n) is 17.9. The molecule has 0 heterocycles. The molecule has 0 aromatic carbocycles. The highest BCUT2D eigenvalue weighted by Gasteiger charge is 2.30. The zero-order valence-electron chi connectivity index (χ0n) is 41.8. The van der Waals surface area contributed by atoms with E-state index in [1.54, 1.807) is 0 Å². The lowest BCUT2D eigenvalue weighted by atomic mass is 9.86. The fraction of sp³-hybridized carbons (Fsp3) is 0.804. The van der Waals surface area contributed by atoms with Gasteiger partial charge in [-0.15, -0.1) is 0 Å². The average molecular weight is 884 g/mol. The molecule has 0 aromatic heterocycles. The maximum absolute atomic E-state index is 13.9. The van der Waals surface area contributed by atoms with Gasteiger partial charge in [-0.25, -0.2) is 0 Å². The van der Waals surface area contributed by atoms with Crippen molar-refractivity contribution in [1.29, 1.82) is 0 Å². The van der Waals surface area contributed by atoms with E-state index < -0.39 is 0 Å². The first kappa shape index (κ1) is 60.5. The van der Waals surface area contributed by atoms with Crippen molar-refractivity contribution in [2.24, 2.45) is 5.92 Å². The normalized spacial score (nSPS) is 13.0. The molecule has 0 saturated heterocycles. The van der Waals surface area contributed by atoms with E-state index in [9.17, 15) is 19.5 Å². The lowest BCUT2D eigenvalue weighted by molar-refractivity contribution is -0.154. The van der Waals surface area contributed by atoms with Crippen LogP contribution in [0.25, 0.3) is 0 Å². The van der Waals surface area contributed by atoms with Crippen molar-refractivity contribution in [3.8, 4) is 0 Å². The third kappa shape index (κ3) is 41.9. The van der Waals surface area contributed by atoms with E-state index >= 15 is 0 Å². The summed E-state index contributed by atoms with van der Waals surface area (Å²) in [6.45, 7) is 11.9. The van der Waals surface area contributed by atoms with Crippen molar-refractivity contribution in [2.75, 3.05) is 32.8 Å². The highest BCUT2D eigenvalue weighted by atomic mass is 16.5. The molecular formula is C56H101NO6. The Hall–Kier alpha value is -2.51. The van der Waals surface area contributed by atoms with Crippen LogP contribution in [0.5, 0.6) is 0 Å². The molecule has 366 valence electrons. The molecule has 0 amide bonds. The summed E-state index contributed by atoms with van der Waals surface area (Å²) in [6, 6.07) is 0. The number of nitrogens with zero attached hydrogens (tertiary/aromatic N) is 1. The zero-order chi connectivity index (χ0) is 46.1. The summed E-state index contributed by atoms with van der Waals surface area (Å²) in [5.41, 5.74) is 0. The first-order valence-electron chi connectivity index (χ1n) is 26.7. The summed E-state index contributed by atoms with van der Waals surface area (Å²) in [6.07, 6.45) is 51.3. The molecule has 2 unspecified atom stereocenters. The van der Waals surface area contributed by atoms with Crippen molar-refractivity contribution in [1.82, 2.24) is 4.90 Å². The topological polar surface area (TPSA) is 93.1 Å². The summed E-state index contributed by atoms with van der Waals surface area (Å²) in [7, 11) is 0. The van der Waals surface area contributed by atoms with Crippen LogP contribution in [0.15, 0.2) is 48.6 Å². The molecule has 0 aliphatic heterocycles. The fourth-order valence-electron chi connectivity index (χ4n) is 7.91. The van der Waals surface area contributed by atoms with Gasteiger partial charge in [0.15, 0.2) is 0 Å². The van der Waals surface area contributed by atoms with Gasteiger partial charge in [0.25, 0.3) is 0 Å². The van der Waals surface area contributed by atoms with Crippen LogP contribution in [-0.4, -0.2) is 66.7 Å². The van der Waals surface area contributed by atoms with Gasteiger partial charge < -0.3 is 19.5 Å². The number of rotatable bonds is 48. The van der Waals surface area contributed by atoms with Crippen LogP contribution in [0.3, 0.4) is 0 Å². The number of hydrogen-bond acceptors (Lipinski definition) is 7. The fourth-order valence-corrected chi connectivity index (χ4v) is 7.91. The highest BCUT2D eigenvalue weighted by Crippen LogP contribution is 2.25. The minimum Gasteiger partial charge on any atom is -0.466 e. The van der Waals surface area contributed by atoms with Gasteiger partial charge in [0.05, 0.1) is 19.1 Å². The van der Waals surface area contributed by atoms with Crippen molar-refractivity contribution in [2.45, 2.75) is 252 Å². The number of aliphatic hydroxyl groups is 1. The molecule has 7 heteroatoms. The minimum absolute atomic E-state index is 0.104. The van der Waals surface area contributed by atoms with Crippen LogP contribution < -0.4 is 0 Å². The van der Waals surface area contributed by atoms with Gasteiger partial charge in [0, 0.05) is 25.8 Å². The van der Waals surface area contributed by atoms with E-state index in [2.05, 4.69) is 81.2 Å². The van der Waals surface area contributed by atoms with Crippen LogP contribution in [0.2, 0.25) is 0 Å². The molecular weight excluding hydrogens is 783 g/mol. The first-order chi connectivity index (χ1) is 30.9. The van der Waals surface area contributed by atoms with Gasteiger partial charge in [-0.3, -0.25) is 14.4 Å². The Labute approximate surface area is 389 Å². The van der Waals surface area contributed by atoms with Crippen molar-refractivity contribution in [3.05, 3.63) is 48.6 Å². The number of carbonyl (C=O) groups is 3.